The van der Waals surface area contributed by atoms with Crippen molar-refractivity contribution in [3.8, 4) is 5.82 Å². The van der Waals surface area contributed by atoms with Gasteiger partial charge in [-0.3, -0.25) is 4.79 Å². The molecule has 2 aliphatic rings. The second-order valence-corrected chi connectivity index (χ2v) is 8.10. The van der Waals surface area contributed by atoms with Crippen molar-refractivity contribution in [1.29, 1.82) is 0 Å². The Balaban J connectivity index is 1.68. The van der Waals surface area contributed by atoms with E-state index in [0.29, 0.717) is 19.0 Å². The molecule has 1 fully saturated rings. The maximum absolute atomic E-state index is 12.8. The summed E-state index contributed by atoms with van der Waals surface area (Å²) in [5.74, 6) is 1.66. The van der Waals surface area contributed by atoms with Crippen molar-refractivity contribution in [1.82, 2.24) is 19.2 Å². The number of aromatic nitrogens is 3. The quantitative estimate of drug-likeness (QED) is 0.848. The van der Waals surface area contributed by atoms with Crippen molar-refractivity contribution in [2.24, 2.45) is 5.92 Å². The summed E-state index contributed by atoms with van der Waals surface area (Å²) in [6.45, 7) is 7.85. The van der Waals surface area contributed by atoms with Crippen LogP contribution in [0.2, 0.25) is 0 Å². The first kappa shape index (κ1) is 15.5. The van der Waals surface area contributed by atoms with Crippen LogP contribution in [0.4, 0.5) is 0 Å². The lowest BCUT2D eigenvalue weighted by Crippen LogP contribution is -2.32. The number of nitrogens with zero attached hydrogens (tertiary/aromatic N) is 4. The monoisotopic (exact) mass is 326 g/mol. The summed E-state index contributed by atoms with van der Waals surface area (Å²) in [5.41, 5.74) is 2.16. The van der Waals surface area contributed by atoms with Crippen molar-refractivity contribution in [3.05, 3.63) is 35.8 Å². The Morgan fingerprint density at radius 3 is 2.42 bits per heavy atom. The van der Waals surface area contributed by atoms with E-state index in [0.717, 1.165) is 24.4 Å². The highest BCUT2D eigenvalue weighted by atomic mass is 16.2. The number of hydrogen-bond donors (Lipinski definition) is 0. The Hall–Kier alpha value is -2.04. The molecule has 1 saturated carbocycles. The predicted molar refractivity (Wildman–Crippen MR) is 92.8 cm³/mol. The van der Waals surface area contributed by atoms with Gasteiger partial charge in [-0.15, -0.1) is 0 Å². The van der Waals surface area contributed by atoms with E-state index in [9.17, 15) is 4.79 Å². The third-order valence-electron chi connectivity index (χ3n) is 5.23. The molecule has 24 heavy (non-hydrogen) atoms. The molecule has 0 bridgehead atoms. The second kappa shape index (κ2) is 5.50. The van der Waals surface area contributed by atoms with Gasteiger partial charge in [0.2, 0.25) is 5.91 Å². The maximum atomic E-state index is 12.8. The van der Waals surface area contributed by atoms with Gasteiger partial charge in [-0.1, -0.05) is 12.8 Å². The van der Waals surface area contributed by atoms with Crippen LogP contribution >= 0.6 is 0 Å². The molecule has 128 valence electrons. The van der Waals surface area contributed by atoms with E-state index >= 15 is 0 Å². The fourth-order valence-corrected chi connectivity index (χ4v) is 4.00. The van der Waals surface area contributed by atoms with Gasteiger partial charge < -0.3 is 9.47 Å². The first-order valence-electron chi connectivity index (χ1n) is 8.98. The Morgan fingerprint density at radius 2 is 1.79 bits per heavy atom. The standard InChI is InChI=1S/C19H26N4O/c1-19(2,3)23-17(21-10-6-7-11-21)15-12-22(13-16(15)20-23)18(24)14-8-4-5-9-14/h6-7,10-11,14H,4-5,8-9,12-13H2,1-3H3. The van der Waals surface area contributed by atoms with Crippen molar-refractivity contribution in [3.63, 3.8) is 0 Å². The van der Waals surface area contributed by atoms with Crippen LogP contribution in [0.15, 0.2) is 24.5 Å². The molecule has 1 amide bonds. The summed E-state index contributed by atoms with van der Waals surface area (Å²) in [7, 11) is 0. The first-order valence-corrected chi connectivity index (χ1v) is 8.98. The number of carbonyl (C=O) groups excluding carboxylic acids is 1. The van der Waals surface area contributed by atoms with Crippen molar-refractivity contribution >= 4 is 5.91 Å². The molecule has 2 aromatic heterocycles. The SMILES string of the molecule is CC(C)(C)n1nc2c(c1-n1cccc1)CN(C(=O)C1CCCC1)C2. The number of fused-ring (bicyclic) bond motifs is 1. The summed E-state index contributed by atoms with van der Waals surface area (Å²) in [6.07, 6.45) is 8.61. The van der Waals surface area contributed by atoms with E-state index in [1.54, 1.807) is 0 Å². The van der Waals surface area contributed by atoms with Crippen molar-refractivity contribution < 1.29 is 4.79 Å². The third kappa shape index (κ3) is 2.46. The Morgan fingerprint density at radius 1 is 1.12 bits per heavy atom. The van der Waals surface area contributed by atoms with Crippen molar-refractivity contribution in [2.45, 2.75) is 65.1 Å². The number of carbonyl (C=O) groups is 1. The van der Waals surface area contributed by atoms with Crippen LogP contribution in [0.25, 0.3) is 5.82 Å². The molecule has 5 heteroatoms. The fraction of sp³-hybridized carbons (Fsp3) is 0.579. The minimum absolute atomic E-state index is 0.0930. The summed E-state index contributed by atoms with van der Waals surface area (Å²) < 4.78 is 4.23. The van der Waals surface area contributed by atoms with Crippen LogP contribution in [-0.4, -0.2) is 25.2 Å². The van der Waals surface area contributed by atoms with Gasteiger partial charge in [-0.25, -0.2) is 4.68 Å². The zero-order valence-electron chi connectivity index (χ0n) is 14.8. The van der Waals surface area contributed by atoms with Gasteiger partial charge in [0.25, 0.3) is 0 Å². The van der Waals surface area contributed by atoms with Crippen molar-refractivity contribution in [2.75, 3.05) is 0 Å². The highest BCUT2D eigenvalue weighted by Crippen LogP contribution is 2.34. The average Bonchev–Trinajstić information content (AvgIpc) is 3.27. The van der Waals surface area contributed by atoms with Crippen LogP contribution in [0.1, 0.15) is 57.7 Å². The van der Waals surface area contributed by atoms with Crippen LogP contribution in [0, 0.1) is 5.92 Å². The van der Waals surface area contributed by atoms with Crippen LogP contribution < -0.4 is 0 Å². The molecule has 3 heterocycles. The van der Waals surface area contributed by atoms with E-state index in [-0.39, 0.29) is 11.5 Å². The molecule has 4 rings (SSSR count). The Bertz CT molecular complexity index is 745. The van der Waals surface area contributed by atoms with E-state index in [1.165, 1.54) is 18.4 Å². The molecule has 2 aromatic rings. The molecule has 0 unspecified atom stereocenters. The highest BCUT2D eigenvalue weighted by molar-refractivity contribution is 5.80. The molecule has 1 aliphatic heterocycles. The molecular weight excluding hydrogens is 300 g/mol. The average molecular weight is 326 g/mol. The lowest BCUT2D eigenvalue weighted by Gasteiger charge is -2.25. The van der Waals surface area contributed by atoms with E-state index < -0.39 is 0 Å². The zero-order chi connectivity index (χ0) is 16.9. The predicted octanol–water partition coefficient (Wildman–Crippen LogP) is 3.46. The molecular formula is C19H26N4O. The summed E-state index contributed by atoms with van der Waals surface area (Å²) in [5, 5.41) is 4.88. The number of hydrogen-bond acceptors (Lipinski definition) is 2. The highest BCUT2D eigenvalue weighted by Gasteiger charge is 2.36. The smallest absolute Gasteiger partial charge is 0.226 e. The van der Waals surface area contributed by atoms with Crippen LogP contribution in [0.5, 0.6) is 0 Å². The van der Waals surface area contributed by atoms with Gasteiger partial charge in [0, 0.05) is 23.9 Å². The van der Waals surface area contributed by atoms with Gasteiger partial charge in [-0.05, 0) is 45.7 Å². The summed E-state index contributed by atoms with van der Waals surface area (Å²) in [4.78, 5) is 14.8. The minimum Gasteiger partial charge on any atom is -0.332 e. The second-order valence-electron chi connectivity index (χ2n) is 8.10. The van der Waals surface area contributed by atoms with Gasteiger partial charge in [0.05, 0.1) is 24.3 Å². The van der Waals surface area contributed by atoms with E-state index in [1.807, 2.05) is 17.0 Å². The lowest BCUT2D eigenvalue weighted by atomic mass is 10.1. The van der Waals surface area contributed by atoms with Crippen LogP contribution in [0.3, 0.4) is 0 Å². The van der Waals surface area contributed by atoms with Gasteiger partial charge >= 0.3 is 0 Å². The molecule has 5 nitrogen and oxygen atoms in total. The first-order chi connectivity index (χ1) is 11.4. The zero-order valence-corrected chi connectivity index (χ0v) is 14.8. The molecule has 0 saturated heterocycles. The van der Waals surface area contributed by atoms with Crippen LogP contribution in [-0.2, 0) is 23.4 Å². The van der Waals surface area contributed by atoms with Gasteiger partial charge in [-0.2, -0.15) is 5.10 Å². The minimum atomic E-state index is -0.0930. The number of rotatable bonds is 2. The van der Waals surface area contributed by atoms with E-state index in [2.05, 4.69) is 42.4 Å². The maximum Gasteiger partial charge on any atom is 0.226 e. The molecule has 1 aliphatic carbocycles. The topological polar surface area (TPSA) is 43.1 Å². The van der Waals surface area contributed by atoms with Gasteiger partial charge in [0.1, 0.15) is 5.82 Å². The fourth-order valence-electron chi connectivity index (χ4n) is 4.00. The molecule has 0 aromatic carbocycles. The van der Waals surface area contributed by atoms with Gasteiger partial charge in [0.15, 0.2) is 0 Å². The summed E-state index contributed by atoms with van der Waals surface area (Å²) >= 11 is 0. The number of amides is 1. The Kier molecular flexibility index (Phi) is 3.55. The third-order valence-corrected chi connectivity index (χ3v) is 5.23. The van der Waals surface area contributed by atoms with E-state index in [4.69, 9.17) is 5.10 Å². The lowest BCUT2D eigenvalue weighted by molar-refractivity contribution is -0.136. The molecule has 0 radical (unpaired) electrons. The molecule has 0 atom stereocenters. The molecule has 0 spiro atoms. The normalized spacial score (nSPS) is 18.4. The summed E-state index contributed by atoms with van der Waals surface area (Å²) in [6, 6.07) is 4.06. The molecule has 0 N–H and O–H groups in total. The Labute approximate surface area is 143 Å². The largest absolute Gasteiger partial charge is 0.332 e.